The molecule has 2 N–H and O–H groups in total. The van der Waals surface area contributed by atoms with Crippen LogP contribution in [0.2, 0.25) is 0 Å². The number of ether oxygens (including phenoxy) is 2. The van der Waals surface area contributed by atoms with Crippen LogP contribution in [0.15, 0.2) is 4.99 Å². The number of halogens is 1. The summed E-state index contributed by atoms with van der Waals surface area (Å²) in [4.78, 5) is 4.46. The van der Waals surface area contributed by atoms with E-state index in [1.807, 2.05) is 0 Å². The summed E-state index contributed by atoms with van der Waals surface area (Å²) in [5, 5.41) is 6.40. The Morgan fingerprint density at radius 1 is 1.21 bits per heavy atom. The Morgan fingerprint density at radius 2 is 1.95 bits per heavy atom. The maximum absolute atomic E-state index is 5.51. The van der Waals surface area contributed by atoms with E-state index >= 15 is 0 Å². The van der Waals surface area contributed by atoms with Gasteiger partial charge in [0.15, 0.2) is 5.96 Å². The summed E-state index contributed by atoms with van der Waals surface area (Å²) >= 11 is 0. The molecule has 0 atom stereocenters. The lowest BCUT2D eigenvalue weighted by molar-refractivity contribution is 0.109. The molecule has 0 aromatic heterocycles. The quantitative estimate of drug-likeness (QED) is 0.260. The highest BCUT2D eigenvalue weighted by molar-refractivity contribution is 14.0. The molecule has 0 aliphatic rings. The minimum absolute atomic E-state index is 0. The van der Waals surface area contributed by atoms with E-state index in [0.29, 0.717) is 12.5 Å². The molecule has 6 heteroatoms. The number of hydrogen-bond donors (Lipinski definition) is 2. The first-order chi connectivity index (χ1) is 8.70. The predicted molar refractivity (Wildman–Crippen MR) is 91.5 cm³/mol. The molecule has 0 aromatic rings. The van der Waals surface area contributed by atoms with Gasteiger partial charge in [0.1, 0.15) is 0 Å². The first-order valence-corrected chi connectivity index (χ1v) is 6.79. The zero-order valence-corrected chi connectivity index (χ0v) is 15.0. The van der Waals surface area contributed by atoms with Gasteiger partial charge < -0.3 is 20.1 Å². The number of nitrogens with one attached hydrogen (secondary N) is 2. The number of rotatable bonds is 10. The van der Waals surface area contributed by atoms with E-state index in [4.69, 9.17) is 9.47 Å². The van der Waals surface area contributed by atoms with Gasteiger partial charge in [-0.2, -0.15) is 0 Å². The fraction of sp³-hybridized carbons (Fsp3) is 0.923. The smallest absolute Gasteiger partial charge is 0.191 e. The third-order valence-electron chi connectivity index (χ3n) is 2.11. The van der Waals surface area contributed by atoms with E-state index in [1.165, 1.54) is 0 Å². The van der Waals surface area contributed by atoms with Crippen molar-refractivity contribution < 1.29 is 9.47 Å². The van der Waals surface area contributed by atoms with Gasteiger partial charge in [-0.15, -0.1) is 24.0 Å². The molecule has 116 valence electrons. The van der Waals surface area contributed by atoms with Gasteiger partial charge >= 0.3 is 0 Å². The van der Waals surface area contributed by atoms with E-state index in [2.05, 4.69) is 36.4 Å². The monoisotopic (exact) mass is 387 g/mol. The average molecular weight is 387 g/mol. The van der Waals surface area contributed by atoms with Crippen molar-refractivity contribution in [1.82, 2.24) is 10.6 Å². The van der Waals surface area contributed by atoms with Crippen molar-refractivity contribution in [2.45, 2.75) is 27.2 Å². The van der Waals surface area contributed by atoms with Crippen molar-refractivity contribution >= 4 is 29.9 Å². The van der Waals surface area contributed by atoms with E-state index in [-0.39, 0.29) is 24.0 Å². The number of methoxy groups -OCH3 is 1. The molecule has 0 aliphatic heterocycles. The number of hydrogen-bond acceptors (Lipinski definition) is 3. The van der Waals surface area contributed by atoms with Crippen molar-refractivity contribution in [2.24, 2.45) is 10.9 Å². The van der Waals surface area contributed by atoms with E-state index in [1.54, 1.807) is 7.11 Å². The second-order valence-electron chi connectivity index (χ2n) is 4.50. The maximum atomic E-state index is 5.51. The maximum Gasteiger partial charge on any atom is 0.191 e. The molecular formula is C13H30IN3O2. The topological polar surface area (TPSA) is 54.9 Å². The Morgan fingerprint density at radius 3 is 2.53 bits per heavy atom. The second-order valence-corrected chi connectivity index (χ2v) is 4.50. The third-order valence-corrected chi connectivity index (χ3v) is 2.11. The zero-order chi connectivity index (χ0) is 13.6. The summed E-state index contributed by atoms with van der Waals surface area (Å²) in [6.07, 6.45) is 0.952. The fourth-order valence-corrected chi connectivity index (χ4v) is 1.29. The van der Waals surface area contributed by atoms with Gasteiger partial charge in [0.25, 0.3) is 0 Å². The third kappa shape index (κ3) is 15.9. The van der Waals surface area contributed by atoms with E-state index in [9.17, 15) is 0 Å². The summed E-state index contributed by atoms with van der Waals surface area (Å²) < 4.78 is 10.5. The highest BCUT2D eigenvalue weighted by Gasteiger charge is 1.96. The molecule has 0 unspecified atom stereocenters. The first-order valence-electron chi connectivity index (χ1n) is 6.79. The van der Waals surface area contributed by atoms with Crippen LogP contribution in [-0.4, -0.2) is 52.5 Å². The molecule has 0 rings (SSSR count). The van der Waals surface area contributed by atoms with E-state index < -0.39 is 0 Å². The van der Waals surface area contributed by atoms with Crippen molar-refractivity contribution in [3.8, 4) is 0 Å². The van der Waals surface area contributed by atoms with Crippen LogP contribution in [0.4, 0.5) is 0 Å². The molecule has 19 heavy (non-hydrogen) atoms. The van der Waals surface area contributed by atoms with Crippen molar-refractivity contribution in [1.29, 1.82) is 0 Å². The summed E-state index contributed by atoms with van der Waals surface area (Å²) in [6.45, 7) is 11.1. The van der Waals surface area contributed by atoms with Gasteiger partial charge in [0.05, 0.1) is 6.61 Å². The Bertz CT molecular complexity index is 214. The van der Waals surface area contributed by atoms with Gasteiger partial charge in [-0.25, -0.2) is 0 Å². The standard InChI is InChI=1S/C13H29N3O2.HI/c1-5-14-13(16-8-10-17-4)15-7-6-9-18-11-12(2)3;/h12H,5-11H2,1-4H3,(H2,14,15,16);1H. The molecule has 0 bridgehead atoms. The molecule has 0 fully saturated rings. The van der Waals surface area contributed by atoms with Gasteiger partial charge in [-0.1, -0.05) is 13.8 Å². The molecule has 0 saturated heterocycles. The van der Waals surface area contributed by atoms with Gasteiger partial charge in [0.2, 0.25) is 0 Å². The number of nitrogens with zero attached hydrogens (tertiary/aromatic N) is 1. The predicted octanol–water partition coefficient (Wildman–Crippen LogP) is 1.87. The van der Waals surface area contributed by atoms with Gasteiger partial charge in [-0.05, 0) is 19.3 Å². The van der Waals surface area contributed by atoms with Crippen molar-refractivity contribution in [3.63, 3.8) is 0 Å². The summed E-state index contributed by atoms with van der Waals surface area (Å²) in [6, 6.07) is 0. The van der Waals surface area contributed by atoms with Crippen LogP contribution in [0.25, 0.3) is 0 Å². The minimum Gasteiger partial charge on any atom is -0.383 e. The van der Waals surface area contributed by atoms with Crippen LogP contribution in [0.1, 0.15) is 27.2 Å². The second kappa shape index (κ2) is 16.0. The van der Waals surface area contributed by atoms with Crippen LogP contribution in [-0.2, 0) is 9.47 Å². The Labute approximate surface area is 134 Å². The lowest BCUT2D eigenvalue weighted by Gasteiger charge is -2.11. The van der Waals surface area contributed by atoms with Crippen LogP contribution < -0.4 is 10.6 Å². The van der Waals surface area contributed by atoms with E-state index in [0.717, 1.165) is 45.2 Å². The van der Waals surface area contributed by atoms with Gasteiger partial charge in [-0.3, -0.25) is 4.99 Å². The largest absolute Gasteiger partial charge is 0.383 e. The van der Waals surface area contributed by atoms with Crippen molar-refractivity contribution in [3.05, 3.63) is 0 Å². The molecule has 0 radical (unpaired) electrons. The van der Waals surface area contributed by atoms with Gasteiger partial charge in [0, 0.05) is 40.0 Å². The highest BCUT2D eigenvalue weighted by Crippen LogP contribution is 1.93. The average Bonchev–Trinajstić information content (AvgIpc) is 2.33. The Hall–Kier alpha value is -0.0800. The SMILES string of the molecule is CCNC(=NCCCOCC(C)C)NCCOC.I. The zero-order valence-electron chi connectivity index (χ0n) is 12.7. The molecular weight excluding hydrogens is 357 g/mol. The van der Waals surface area contributed by atoms with Crippen molar-refractivity contribution in [2.75, 3.05) is 46.6 Å². The first kappa shape index (κ1) is 21.2. The van der Waals surface area contributed by atoms with Crippen LogP contribution in [0.3, 0.4) is 0 Å². The minimum atomic E-state index is 0. The van der Waals surface area contributed by atoms with Crippen LogP contribution in [0, 0.1) is 5.92 Å². The van der Waals surface area contributed by atoms with Crippen LogP contribution >= 0.6 is 24.0 Å². The molecule has 0 spiro atoms. The summed E-state index contributed by atoms with van der Waals surface area (Å²) in [7, 11) is 1.69. The Kier molecular flexibility index (Phi) is 17.8. The fourth-order valence-electron chi connectivity index (χ4n) is 1.29. The molecule has 0 aromatic carbocycles. The molecule has 0 aliphatic carbocycles. The number of guanidine groups is 1. The Balaban J connectivity index is 0. The van der Waals surface area contributed by atoms with Crippen LogP contribution in [0.5, 0.6) is 0 Å². The molecule has 0 heterocycles. The molecule has 0 amide bonds. The lowest BCUT2D eigenvalue weighted by atomic mass is 10.2. The number of aliphatic imine (C=N–C) groups is 1. The summed E-state index contributed by atoms with van der Waals surface area (Å²) in [5.74, 6) is 1.44. The summed E-state index contributed by atoms with van der Waals surface area (Å²) in [5.41, 5.74) is 0. The molecule has 5 nitrogen and oxygen atoms in total. The highest BCUT2D eigenvalue weighted by atomic mass is 127. The lowest BCUT2D eigenvalue weighted by Crippen LogP contribution is -2.39. The molecule has 0 saturated carbocycles. The normalized spacial score (nSPS) is 11.3.